The van der Waals surface area contributed by atoms with Crippen molar-refractivity contribution in [3.63, 3.8) is 0 Å². The van der Waals surface area contributed by atoms with Gasteiger partial charge in [-0.15, -0.1) is 11.8 Å². The van der Waals surface area contributed by atoms with Crippen LogP contribution in [-0.2, 0) is 20.5 Å². The van der Waals surface area contributed by atoms with E-state index in [0.29, 0.717) is 12.3 Å². The highest BCUT2D eigenvalue weighted by Crippen LogP contribution is 2.36. The molecular formula is C33H57N2O6PS. The number of thioether (sulfide) groups is 1. The van der Waals surface area contributed by atoms with E-state index in [1.807, 2.05) is 36.0 Å². The van der Waals surface area contributed by atoms with Gasteiger partial charge in [0, 0.05) is 30.8 Å². The number of nitrogens with one attached hydrogen (secondary N) is 1. The summed E-state index contributed by atoms with van der Waals surface area (Å²) in [6.45, 7) is 8.08. The molecular weight excluding hydrogens is 583 g/mol. The third-order valence-electron chi connectivity index (χ3n) is 7.81. The minimum atomic E-state index is -2.14. The summed E-state index contributed by atoms with van der Waals surface area (Å²) in [5.41, 5.74) is 2.49. The zero-order valence-electron chi connectivity index (χ0n) is 27.1. The summed E-state index contributed by atoms with van der Waals surface area (Å²) in [7, 11) is -0.626. The molecule has 1 amide bonds. The summed E-state index contributed by atoms with van der Waals surface area (Å²) in [4.78, 5) is 26.0. The van der Waals surface area contributed by atoms with E-state index in [0.717, 1.165) is 25.3 Å². The highest BCUT2D eigenvalue weighted by molar-refractivity contribution is 8.03. The van der Waals surface area contributed by atoms with Crippen molar-refractivity contribution >= 4 is 26.5 Å². The fourth-order valence-corrected chi connectivity index (χ4v) is 6.44. The van der Waals surface area contributed by atoms with Crippen molar-refractivity contribution in [3.8, 4) is 5.75 Å². The molecule has 2 N–H and O–H groups in total. The summed E-state index contributed by atoms with van der Waals surface area (Å²) in [6.07, 6.45) is 17.3. The number of alkyl carbamates (subject to hydrolysis) is 1. The van der Waals surface area contributed by atoms with Crippen molar-refractivity contribution in [2.24, 2.45) is 0 Å². The molecule has 2 rings (SSSR count). The van der Waals surface area contributed by atoms with Crippen molar-refractivity contribution in [3.05, 3.63) is 40.4 Å². The number of nitrogens with zero attached hydrogens (tertiary/aromatic N) is 1. The SMILES string of the molecule is CCCCCCCCCCCCCCCCNC(=O)OCC(COP(O)Oc1ccc(CN2CSC(C)=C2C)cc1)OC. The van der Waals surface area contributed by atoms with Gasteiger partial charge >= 0.3 is 14.7 Å². The zero-order chi connectivity index (χ0) is 31.1. The van der Waals surface area contributed by atoms with Crippen LogP contribution in [0.15, 0.2) is 34.9 Å². The number of carbonyl (C=O) groups excluding carboxylic acids is 1. The zero-order valence-corrected chi connectivity index (χ0v) is 28.8. The maximum atomic E-state index is 12.0. The number of amides is 1. The highest BCUT2D eigenvalue weighted by Gasteiger charge is 2.18. The van der Waals surface area contributed by atoms with Crippen LogP contribution in [0.4, 0.5) is 4.79 Å². The molecule has 10 heteroatoms. The number of hydrogen-bond acceptors (Lipinski definition) is 8. The van der Waals surface area contributed by atoms with Gasteiger partial charge in [0.1, 0.15) is 18.5 Å². The summed E-state index contributed by atoms with van der Waals surface area (Å²) in [6, 6.07) is 7.65. The van der Waals surface area contributed by atoms with E-state index in [2.05, 4.69) is 31.0 Å². The standard InChI is InChI=1S/C33H57N2O6PS/c1-5-6-7-8-9-10-11-12-13-14-15-16-17-18-23-34-33(36)39-25-32(38-4)26-40-42(37)41-31-21-19-30(20-22-31)24-35-27-43-29(3)28(35)2/h19-22,32,37H,5-18,23-27H2,1-4H3,(H,34,36). The average Bonchev–Trinajstić information content (AvgIpc) is 3.32. The van der Waals surface area contributed by atoms with Crippen LogP contribution in [0.2, 0.25) is 0 Å². The van der Waals surface area contributed by atoms with Gasteiger partial charge in [-0.3, -0.25) is 4.52 Å². The number of unbranched alkanes of at least 4 members (excludes halogenated alkanes) is 13. The summed E-state index contributed by atoms with van der Waals surface area (Å²) < 4.78 is 21.6. The Labute approximate surface area is 266 Å². The second-order valence-electron chi connectivity index (χ2n) is 11.4. The molecule has 0 aromatic heterocycles. The Morgan fingerprint density at radius 1 is 0.930 bits per heavy atom. The molecule has 0 bridgehead atoms. The molecule has 2 unspecified atom stereocenters. The van der Waals surface area contributed by atoms with Gasteiger partial charge in [0.25, 0.3) is 0 Å². The minimum Gasteiger partial charge on any atom is -0.447 e. The molecule has 0 fully saturated rings. The van der Waals surface area contributed by atoms with Gasteiger partial charge in [0.2, 0.25) is 0 Å². The summed E-state index contributed by atoms with van der Waals surface area (Å²) in [5, 5.41) is 2.80. The lowest BCUT2D eigenvalue weighted by molar-refractivity contribution is 0.00598. The second kappa shape index (κ2) is 23.8. The van der Waals surface area contributed by atoms with Gasteiger partial charge in [-0.25, -0.2) is 4.79 Å². The fourth-order valence-electron chi connectivity index (χ4n) is 4.82. The van der Waals surface area contributed by atoms with Crippen molar-refractivity contribution in [1.82, 2.24) is 10.2 Å². The largest absolute Gasteiger partial charge is 0.447 e. The van der Waals surface area contributed by atoms with E-state index in [9.17, 15) is 9.69 Å². The van der Waals surface area contributed by atoms with Crippen LogP contribution in [0.5, 0.6) is 5.75 Å². The summed E-state index contributed by atoms with van der Waals surface area (Å²) in [5.74, 6) is 1.50. The first kappa shape index (κ1) is 37.7. The molecule has 1 aliphatic heterocycles. The Morgan fingerprint density at radius 3 is 2.05 bits per heavy atom. The van der Waals surface area contributed by atoms with Gasteiger partial charge in [-0.05, 0) is 38.0 Å². The first-order chi connectivity index (χ1) is 20.9. The minimum absolute atomic E-state index is 0.0288. The van der Waals surface area contributed by atoms with Crippen LogP contribution in [-0.4, -0.2) is 54.7 Å². The van der Waals surface area contributed by atoms with Crippen LogP contribution >= 0.6 is 20.4 Å². The first-order valence-electron chi connectivity index (χ1n) is 16.3. The van der Waals surface area contributed by atoms with E-state index in [1.54, 1.807) is 0 Å². The van der Waals surface area contributed by atoms with Gasteiger partial charge in [0.15, 0.2) is 0 Å². The van der Waals surface area contributed by atoms with Crippen molar-refractivity contribution in [2.45, 2.75) is 123 Å². The second-order valence-corrected chi connectivity index (χ2v) is 13.4. The maximum Gasteiger partial charge on any atom is 0.407 e. The predicted octanol–water partition coefficient (Wildman–Crippen LogP) is 9.28. The molecule has 0 saturated carbocycles. The molecule has 43 heavy (non-hydrogen) atoms. The Balaban J connectivity index is 1.45. The lowest BCUT2D eigenvalue weighted by Gasteiger charge is -2.20. The molecule has 8 nitrogen and oxygen atoms in total. The van der Waals surface area contributed by atoms with Crippen molar-refractivity contribution in [1.29, 1.82) is 0 Å². The van der Waals surface area contributed by atoms with Gasteiger partial charge in [0.05, 0.1) is 12.5 Å². The average molecular weight is 641 g/mol. The van der Waals surface area contributed by atoms with Gasteiger partial charge in [-0.2, -0.15) is 0 Å². The van der Waals surface area contributed by atoms with Gasteiger partial charge in [-0.1, -0.05) is 103 Å². The molecule has 1 aliphatic rings. The van der Waals surface area contributed by atoms with Crippen molar-refractivity contribution in [2.75, 3.05) is 32.7 Å². The first-order valence-corrected chi connectivity index (χ1v) is 18.4. The number of benzene rings is 1. The maximum absolute atomic E-state index is 12.0. The Hall–Kier alpha value is -1.51. The predicted molar refractivity (Wildman–Crippen MR) is 179 cm³/mol. The molecule has 246 valence electrons. The van der Waals surface area contributed by atoms with E-state index >= 15 is 0 Å². The van der Waals surface area contributed by atoms with Crippen molar-refractivity contribution < 1.29 is 28.2 Å². The quantitative estimate of drug-likeness (QED) is 0.0808. The number of carbonyl (C=O) groups is 1. The number of rotatable bonds is 25. The Bertz CT molecular complexity index is 904. The number of allylic oxidation sites excluding steroid dienone is 2. The molecule has 0 spiro atoms. The third kappa shape index (κ3) is 17.5. The fraction of sp³-hybridized carbons (Fsp3) is 0.727. The molecule has 1 aromatic carbocycles. The number of hydrogen-bond donors (Lipinski definition) is 2. The molecule has 0 radical (unpaired) electrons. The number of methoxy groups -OCH3 is 1. The van der Waals surface area contributed by atoms with Crippen LogP contribution in [0.25, 0.3) is 0 Å². The van der Waals surface area contributed by atoms with Gasteiger partial charge < -0.3 is 29.1 Å². The smallest absolute Gasteiger partial charge is 0.407 e. The van der Waals surface area contributed by atoms with E-state index < -0.39 is 20.8 Å². The summed E-state index contributed by atoms with van der Waals surface area (Å²) >= 11 is 1.86. The van der Waals surface area contributed by atoms with E-state index in [4.69, 9.17) is 18.5 Å². The molecule has 2 atom stereocenters. The monoisotopic (exact) mass is 640 g/mol. The van der Waals surface area contributed by atoms with Crippen LogP contribution in [0.3, 0.4) is 0 Å². The Kier molecular flexibility index (Phi) is 20.9. The van der Waals surface area contributed by atoms with Crippen LogP contribution in [0, 0.1) is 0 Å². The molecule has 0 saturated heterocycles. The topological polar surface area (TPSA) is 89.5 Å². The van der Waals surface area contributed by atoms with E-state index in [1.165, 1.54) is 100 Å². The van der Waals surface area contributed by atoms with Crippen LogP contribution in [0.1, 0.15) is 116 Å². The van der Waals surface area contributed by atoms with Crippen LogP contribution < -0.4 is 9.84 Å². The molecule has 1 aromatic rings. The highest BCUT2D eigenvalue weighted by atomic mass is 32.2. The lowest BCUT2D eigenvalue weighted by atomic mass is 10.0. The normalized spacial score (nSPS) is 14.7. The lowest BCUT2D eigenvalue weighted by Crippen LogP contribution is -2.31. The molecule has 1 heterocycles. The van der Waals surface area contributed by atoms with E-state index in [-0.39, 0.29) is 13.2 Å². The third-order valence-corrected chi connectivity index (χ3v) is 9.71. The Morgan fingerprint density at radius 2 is 1.51 bits per heavy atom. The number of ether oxygens (including phenoxy) is 2. The molecule has 0 aliphatic carbocycles.